The summed E-state index contributed by atoms with van der Waals surface area (Å²) in [6, 6.07) is 12.2. The maximum Gasteiger partial charge on any atom is 0.527 e. The van der Waals surface area contributed by atoms with E-state index in [0.29, 0.717) is 5.69 Å². The molecule has 4 rings (SSSR count). The average molecular weight is 554 g/mol. The van der Waals surface area contributed by atoms with Gasteiger partial charge in [0.2, 0.25) is 5.91 Å². The molecule has 0 radical (unpaired) electrons. The highest BCUT2D eigenvalue weighted by molar-refractivity contribution is 5.97. The number of pyridine rings is 1. The molecule has 2 amide bonds. The van der Waals surface area contributed by atoms with Crippen molar-refractivity contribution >= 4 is 29.6 Å². The van der Waals surface area contributed by atoms with Crippen molar-refractivity contribution in [3.63, 3.8) is 0 Å². The first-order valence-electron chi connectivity index (χ1n) is 13.6. The lowest BCUT2D eigenvalue weighted by Gasteiger charge is -2.35. The summed E-state index contributed by atoms with van der Waals surface area (Å²) < 4.78 is 4.78. The van der Waals surface area contributed by atoms with Crippen molar-refractivity contribution in [2.75, 3.05) is 50.8 Å². The van der Waals surface area contributed by atoms with Crippen molar-refractivity contribution in [3.8, 4) is 11.3 Å². The van der Waals surface area contributed by atoms with Gasteiger partial charge in [-0.05, 0) is 38.3 Å². The number of anilines is 1. The van der Waals surface area contributed by atoms with Gasteiger partial charge in [-0.2, -0.15) is 0 Å². The van der Waals surface area contributed by atoms with Gasteiger partial charge < -0.3 is 29.8 Å². The number of hydroxylamine groups is 2. The number of hydrogen-bond donors (Lipinski definition) is 2. The van der Waals surface area contributed by atoms with Gasteiger partial charge in [-0.3, -0.25) is 14.4 Å². The molecule has 0 aliphatic carbocycles. The fourth-order valence-electron chi connectivity index (χ4n) is 4.77. The number of benzene rings is 1. The molecule has 214 valence electrons. The fourth-order valence-corrected chi connectivity index (χ4v) is 4.77. The normalized spacial score (nSPS) is 16.3. The number of aromatic nitrogens is 1. The Morgan fingerprint density at radius 3 is 2.35 bits per heavy atom. The van der Waals surface area contributed by atoms with Gasteiger partial charge >= 0.3 is 12.1 Å². The summed E-state index contributed by atoms with van der Waals surface area (Å²) in [7, 11) is 0. The van der Waals surface area contributed by atoms with E-state index in [1.165, 1.54) is 9.96 Å². The third-order valence-corrected chi connectivity index (χ3v) is 6.85. The van der Waals surface area contributed by atoms with E-state index in [0.717, 1.165) is 37.2 Å². The molecule has 2 N–H and O–H groups in total. The van der Waals surface area contributed by atoms with Gasteiger partial charge in [-0.1, -0.05) is 30.3 Å². The smallest absolute Gasteiger partial charge is 0.481 e. The van der Waals surface area contributed by atoms with E-state index in [9.17, 15) is 24.3 Å². The molecule has 0 spiro atoms. The predicted octanol–water partition coefficient (Wildman–Crippen LogP) is 2.54. The molecule has 2 aliphatic heterocycles. The highest BCUT2D eigenvalue weighted by Crippen LogP contribution is 2.27. The molecule has 2 saturated heterocycles. The lowest BCUT2D eigenvalue weighted by Crippen LogP contribution is -2.55. The van der Waals surface area contributed by atoms with Crippen molar-refractivity contribution in [3.05, 3.63) is 48.2 Å². The molecule has 12 heteroatoms. The number of rotatable bonds is 10. The number of hydrogen-bond acceptors (Lipinski definition) is 9. The minimum Gasteiger partial charge on any atom is -0.481 e. The summed E-state index contributed by atoms with van der Waals surface area (Å²) in [5, 5.41) is 13.4. The Morgan fingerprint density at radius 1 is 1.00 bits per heavy atom. The minimum atomic E-state index is -1.07. The topological polar surface area (TPSA) is 142 Å². The van der Waals surface area contributed by atoms with Crippen LogP contribution in [0.2, 0.25) is 0 Å². The van der Waals surface area contributed by atoms with E-state index in [1.54, 1.807) is 13.0 Å². The van der Waals surface area contributed by atoms with Gasteiger partial charge in [0.05, 0.1) is 25.4 Å². The van der Waals surface area contributed by atoms with Crippen LogP contribution < -0.4 is 10.2 Å². The molecule has 40 heavy (non-hydrogen) atoms. The number of carboxylic acid groups (broad SMARTS) is 1. The number of carboxylic acids is 1. The average Bonchev–Trinajstić information content (AvgIpc) is 3.51. The molecule has 2 aromatic rings. The largest absolute Gasteiger partial charge is 0.527 e. The first-order valence-corrected chi connectivity index (χ1v) is 13.6. The van der Waals surface area contributed by atoms with Gasteiger partial charge in [0.25, 0.3) is 5.91 Å². The zero-order valence-corrected chi connectivity index (χ0v) is 22.6. The molecule has 3 heterocycles. The van der Waals surface area contributed by atoms with E-state index < -0.39 is 30.0 Å². The second-order valence-corrected chi connectivity index (χ2v) is 9.64. The number of carbonyl (C=O) groups excluding carboxylic acids is 3. The van der Waals surface area contributed by atoms with Gasteiger partial charge in [0, 0.05) is 43.9 Å². The lowest BCUT2D eigenvalue weighted by molar-refractivity contribution is -0.157. The molecule has 0 unspecified atom stereocenters. The van der Waals surface area contributed by atoms with Crippen molar-refractivity contribution < 1.29 is 33.9 Å². The number of nitrogens with one attached hydrogen (secondary N) is 1. The molecule has 2 aliphatic rings. The second-order valence-electron chi connectivity index (χ2n) is 9.64. The molecule has 0 saturated carbocycles. The summed E-state index contributed by atoms with van der Waals surface area (Å²) in [6.07, 6.45) is 0.950. The quantitative estimate of drug-likeness (QED) is 0.422. The standard InChI is InChI=1S/C28H35N5O7/c1-2-39-28(38)40-33-16-14-32(15-17-33)27(37)22(10-11-25(34)35)30-26(36)24-19-21(31-12-6-7-13-31)18-23(29-24)20-8-4-3-5-9-20/h3-5,8-9,18-19,22H,2,6-7,10-17H2,1H3,(H,30,36)(H,34,35)/t22-/m0/s1. The van der Waals surface area contributed by atoms with E-state index in [4.69, 9.17) is 9.57 Å². The molecular formula is C28H35N5O7. The Balaban J connectivity index is 1.50. The highest BCUT2D eigenvalue weighted by Gasteiger charge is 2.31. The minimum absolute atomic E-state index is 0.0726. The van der Waals surface area contributed by atoms with Crippen molar-refractivity contribution in [2.45, 2.75) is 38.6 Å². The molecule has 12 nitrogen and oxygen atoms in total. The number of carbonyl (C=O) groups is 4. The fraction of sp³-hybridized carbons (Fsp3) is 0.464. The van der Waals surface area contributed by atoms with Crippen LogP contribution >= 0.6 is 0 Å². The summed E-state index contributed by atoms with van der Waals surface area (Å²) in [5.41, 5.74) is 2.53. The van der Waals surface area contributed by atoms with E-state index in [1.807, 2.05) is 36.4 Å². The molecule has 1 aromatic heterocycles. The van der Waals surface area contributed by atoms with Crippen LogP contribution in [0.4, 0.5) is 10.5 Å². The molecule has 1 aromatic carbocycles. The third kappa shape index (κ3) is 7.69. The van der Waals surface area contributed by atoms with Crippen molar-refractivity contribution in [1.82, 2.24) is 20.3 Å². The highest BCUT2D eigenvalue weighted by atomic mass is 16.8. The van der Waals surface area contributed by atoms with Crippen LogP contribution in [0.5, 0.6) is 0 Å². The summed E-state index contributed by atoms with van der Waals surface area (Å²) >= 11 is 0. The van der Waals surface area contributed by atoms with Crippen LogP contribution in [0.1, 0.15) is 43.1 Å². The van der Waals surface area contributed by atoms with Gasteiger partial charge in [0.1, 0.15) is 11.7 Å². The van der Waals surface area contributed by atoms with Crippen LogP contribution in [0, 0.1) is 0 Å². The Bertz CT molecular complexity index is 1190. The van der Waals surface area contributed by atoms with Crippen LogP contribution in [0.15, 0.2) is 42.5 Å². The van der Waals surface area contributed by atoms with Crippen molar-refractivity contribution in [2.24, 2.45) is 0 Å². The number of aliphatic carboxylic acids is 1. The van der Waals surface area contributed by atoms with E-state index in [-0.39, 0.29) is 51.3 Å². The van der Waals surface area contributed by atoms with Gasteiger partial charge in [-0.25, -0.2) is 9.78 Å². The second kappa shape index (κ2) is 13.7. The first kappa shape index (κ1) is 28.8. The van der Waals surface area contributed by atoms with Gasteiger partial charge in [-0.15, -0.1) is 5.06 Å². The van der Waals surface area contributed by atoms with Crippen LogP contribution in [0.3, 0.4) is 0 Å². The first-order chi connectivity index (χ1) is 19.3. The number of nitrogens with zero attached hydrogens (tertiary/aromatic N) is 4. The summed E-state index contributed by atoms with van der Waals surface area (Å²) in [6.45, 7) is 4.59. The van der Waals surface area contributed by atoms with E-state index >= 15 is 0 Å². The monoisotopic (exact) mass is 553 g/mol. The van der Waals surface area contributed by atoms with E-state index in [2.05, 4.69) is 15.2 Å². The summed E-state index contributed by atoms with van der Waals surface area (Å²) in [5.74, 6) is -2.02. The molecule has 0 bridgehead atoms. The van der Waals surface area contributed by atoms with Crippen LogP contribution in [-0.4, -0.2) is 95.9 Å². The Hall–Kier alpha value is -4.19. The third-order valence-electron chi connectivity index (χ3n) is 6.85. The molecule has 1 atom stereocenters. The summed E-state index contributed by atoms with van der Waals surface area (Å²) in [4.78, 5) is 63.2. The Morgan fingerprint density at radius 2 is 1.70 bits per heavy atom. The molecule has 2 fully saturated rings. The van der Waals surface area contributed by atoms with Crippen LogP contribution in [-0.2, 0) is 19.2 Å². The van der Waals surface area contributed by atoms with Crippen LogP contribution in [0.25, 0.3) is 11.3 Å². The zero-order chi connectivity index (χ0) is 28.5. The zero-order valence-electron chi connectivity index (χ0n) is 22.6. The van der Waals surface area contributed by atoms with Gasteiger partial charge in [0.15, 0.2) is 0 Å². The maximum absolute atomic E-state index is 13.5. The lowest BCUT2D eigenvalue weighted by atomic mass is 10.1. The number of piperazine rings is 1. The predicted molar refractivity (Wildman–Crippen MR) is 146 cm³/mol. The SMILES string of the molecule is CCOC(=O)ON1CCN(C(=O)[C@H](CCC(=O)O)NC(=O)c2cc(N3CCCC3)cc(-c3ccccc3)n2)CC1. The number of amides is 2. The maximum atomic E-state index is 13.5. The van der Waals surface area contributed by atoms with Crippen molar-refractivity contribution in [1.29, 1.82) is 0 Å². The molecular weight excluding hydrogens is 518 g/mol. The number of ether oxygens (including phenoxy) is 1. The Labute approximate surface area is 232 Å². The Kier molecular flexibility index (Phi) is 9.90.